The van der Waals surface area contributed by atoms with Crippen LogP contribution in [-0.4, -0.2) is 33.1 Å². The van der Waals surface area contributed by atoms with E-state index in [2.05, 4.69) is 219 Å². The fourth-order valence-corrected chi connectivity index (χ4v) is 9.75. The molecule has 3 atom stereocenters. The summed E-state index contributed by atoms with van der Waals surface area (Å²) < 4.78 is 0. The maximum absolute atomic E-state index is 5.66. The molecule has 0 saturated carbocycles. The predicted octanol–water partition coefficient (Wildman–Crippen LogP) is 18.4. The lowest BCUT2D eigenvalue weighted by atomic mass is 10.0. The molecule has 378 valence electrons. The number of para-hydroxylation sites is 2. The molecule has 0 aliphatic heterocycles. The molecular weight excluding hydrogens is 881 g/mol. The topological polar surface area (TPSA) is 72.5 Å². The number of hydrogen-bond acceptors (Lipinski definition) is 8. The van der Waals surface area contributed by atoms with Gasteiger partial charge in [0.1, 0.15) is 0 Å². The minimum atomic E-state index is 0.110. The SMILES string of the molecule is CCCCCCC(C)N(c1ccc(Cc2ccccc2)cc1)c1nc(N(c2ccc(Nc3ccccc3)cc2)C(C)CCCCCC)nc(N(c2ccc(Nc3ccccc3)cc2)C(C)CCCCCC)n1. The van der Waals surface area contributed by atoms with E-state index < -0.39 is 0 Å². The lowest BCUT2D eigenvalue weighted by Gasteiger charge is -2.35. The zero-order chi connectivity index (χ0) is 50.3. The van der Waals surface area contributed by atoms with Crippen molar-refractivity contribution >= 4 is 57.7 Å². The molecule has 0 saturated heterocycles. The Hall–Kier alpha value is -6.67. The Bertz CT molecular complexity index is 2270. The van der Waals surface area contributed by atoms with Crippen LogP contribution in [0, 0.1) is 0 Å². The van der Waals surface area contributed by atoms with Gasteiger partial charge in [-0.25, -0.2) is 0 Å². The summed E-state index contributed by atoms with van der Waals surface area (Å²) in [6.45, 7) is 13.9. The Morgan fingerprint density at radius 2 is 0.625 bits per heavy atom. The van der Waals surface area contributed by atoms with Crippen molar-refractivity contribution in [3.05, 3.63) is 175 Å². The van der Waals surface area contributed by atoms with Gasteiger partial charge in [-0.2, -0.15) is 15.0 Å². The average Bonchev–Trinajstić information content (AvgIpc) is 3.40. The van der Waals surface area contributed by atoms with Crippen LogP contribution in [0.1, 0.15) is 149 Å². The Morgan fingerprint density at radius 1 is 0.333 bits per heavy atom. The molecule has 3 unspecified atom stereocenters. The first-order valence-electron chi connectivity index (χ1n) is 27.4. The molecule has 0 aliphatic carbocycles. The van der Waals surface area contributed by atoms with Crippen LogP contribution >= 0.6 is 0 Å². The number of nitrogens with one attached hydrogen (secondary N) is 2. The second-order valence-corrected chi connectivity index (χ2v) is 19.8. The summed E-state index contributed by atoms with van der Waals surface area (Å²) in [5, 5.41) is 7.21. The molecular formula is C64H82N8. The van der Waals surface area contributed by atoms with E-state index >= 15 is 0 Å². The van der Waals surface area contributed by atoms with E-state index in [4.69, 9.17) is 15.0 Å². The minimum absolute atomic E-state index is 0.110. The number of rotatable bonds is 30. The largest absolute Gasteiger partial charge is 0.356 e. The highest BCUT2D eigenvalue weighted by Gasteiger charge is 2.29. The lowest BCUT2D eigenvalue weighted by molar-refractivity contribution is 0.550. The van der Waals surface area contributed by atoms with Gasteiger partial charge in [-0.05, 0) is 143 Å². The Kier molecular flexibility index (Phi) is 21.0. The smallest absolute Gasteiger partial charge is 0.236 e. The summed E-state index contributed by atoms with van der Waals surface area (Å²) in [4.78, 5) is 24.1. The van der Waals surface area contributed by atoms with Crippen molar-refractivity contribution in [3.8, 4) is 0 Å². The fraction of sp³-hybridized carbons (Fsp3) is 0.391. The number of unbranched alkanes of at least 4 members (excludes halogenated alkanes) is 9. The zero-order valence-corrected chi connectivity index (χ0v) is 44.3. The molecule has 7 rings (SSSR count). The molecule has 7 aromatic rings. The van der Waals surface area contributed by atoms with Crippen LogP contribution in [0.4, 0.5) is 57.7 Å². The zero-order valence-electron chi connectivity index (χ0n) is 44.3. The van der Waals surface area contributed by atoms with Crippen molar-refractivity contribution < 1.29 is 0 Å². The highest BCUT2D eigenvalue weighted by atomic mass is 15.4. The van der Waals surface area contributed by atoms with Crippen molar-refractivity contribution in [3.63, 3.8) is 0 Å². The van der Waals surface area contributed by atoms with Crippen molar-refractivity contribution in [1.82, 2.24) is 15.0 Å². The summed E-state index contributed by atoms with van der Waals surface area (Å²) >= 11 is 0. The van der Waals surface area contributed by atoms with Gasteiger partial charge in [-0.1, -0.05) is 177 Å². The summed E-state index contributed by atoms with van der Waals surface area (Å²) in [6.07, 6.45) is 18.2. The van der Waals surface area contributed by atoms with Crippen LogP contribution in [-0.2, 0) is 6.42 Å². The van der Waals surface area contributed by atoms with Gasteiger partial charge in [0, 0.05) is 57.9 Å². The molecule has 1 aromatic heterocycles. The van der Waals surface area contributed by atoms with E-state index in [9.17, 15) is 0 Å². The summed E-state index contributed by atoms with van der Waals surface area (Å²) in [7, 11) is 0. The van der Waals surface area contributed by atoms with Gasteiger partial charge in [0.25, 0.3) is 0 Å². The van der Waals surface area contributed by atoms with Crippen LogP contribution in [0.5, 0.6) is 0 Å². The molecule has 0 aliphatic rings. The summed E-state index contributed by atoms with van der Waals surface area (Å²) in [5.41, 5.74) is 9.96. The number of nitrogens with zero attached hydrogens (tertiary/aromatic N) is 6. The van der Waals surface area contributed by atoms with E-state index in [1.54, 1.807) is 0 Å². The summed E-state index contributed by atoms with van der Waals surface area (Å²) in [6, 6.07) is 58.6. The first-order chi connectivity index (χ1) is 35.3. The number of anilines is 10. The van der Waals surface area contributed by atoms with Crippen LogP contribution in [0.2, 0.25) is 0 Å². The molecule has 72 heavy (non-hydrogen) atoms. The van der Waals surface area contributed by atoms with Crippen LogP contribution in [0.25, 0.3) is 0 Å². The van der Waals surface area contributed by atoms with Gasteiger partial charge < -0.3 is 25.3 Å². The predicted molar refractivity (Wildman–Crippen MR) is 309 cm³/mol. The third-order valence-electron chi connectivity index (χ3n) is 13.9. The molecule has 8 nitrogen and oxygen atoms in total. The Labute approximate surface area is 433 Å². The molecule has 8 heteroatoms. The Morgan fingerprint density at radius 3 is 0.958 bits per heavy atom. The van der Waals surface area contributed by atoms with Crippen molar-refractivity contribution in [2.45, 2.75) is 162 Å². The quantitative estimate of drug-likeness (QED) is 0.0432. The molecule has 0 spiro atoms. The van der Waals surface area contributed by atoms with E-state index in [-0.39, 0.29) is 18.1 Å². The van der Waals surface area contributed by atoms with Gasteiger partial charge in [-0.3, -0.25) is 0 Å². The standard InChI is InChI=1S/C64H82N8/c1-7-10-13-19-28-50(4)70(59-43-37-54(38-44-59)49-53-31-22-16-23-32-53)62-67-63(71(51(5)29-20-14-11-8-2)60-45-39-57(40-46-60)65-55-33-24-17-25-34-55)69-64(68-62)72(52(6)30-21-15-12-9-3)61-47-41-58(42-48-61)66-56-35-26-18-27-36-56/h16-18,22-27,31-48,50-52,65-66H,7-15,19-21,28-30,49H2,1-6H3. The molecule has 6 aromatic carbocycles. The van der Waals surface area contributed by atoms with Gasteiger partial charge in [0.15, 0.2) is 0 Å². The first kappa shape index (κ1) is 53.1. The second kappa shape index (κ2) is 28.4. The highest BCUT2D eigenvalue weighted by molar-refractivity contribution is 5.71. The molecule has 1 heterocycles. The van der Waals surface area contributed by atoms with Crippen molar-refractivity contribution in [2.75, 3.05) is 25.3 Å². The fourth-order valence-electron chi connectivity index (χ4n) is 9.75. The third-order valence-corrected chi connectivity index (χ3v) is 13.9. The van der Waals surface area contributed by atoms with E-state index in [1.807, 2.05) is 12.1 Å². The maximum Gasteiger partial charge on any atom is 0.236 e. The van der Waals surface area contributed by atoms with E-state index in [0.717, 1.165) is 84.8 Å². The highest BCUT2D eigenvalue weighted by Crippen LogP contribution is 2.38. The normalized spacial score (nSPS) is 12.5. The second-order valence-electron chi connectivity index (χ2n) is 19.8. The monoisotopic (exact) mass is 963 g/mol. The number of hydrogen-bond donors (Lipinski definition) is 2. The van der Waals surface area contributed by atoms with E-state index in [1.165, 1.54) is 68.9 Å². The molecule has 0 fully saturated rings. The number of benzene rings is 6. The third kappa shape index (κ3) is 15.7. The van der Waals surface area contributed by atoms with Gasteiger partial charge in [0.05, 0.1) is 0 Å². The van der Waals surface area contributed by atoms with E-state index in [0.29, 0.717) is 17.8 Å². The van der Waals surface area contributed by atoms with Gasteiger partial charge >= 0.3 is 0 Å². The lowest BCUT2D eigenvalue weighted by Crippen LogP contribution is -2.36. The maximum atomic E-state index is 5.66. The first-order valence-corrected chi connectivity index (χ1v) is 27.4. The minimum Gasteiger partial charge on any atom is -0.356 e. The molecule has 0 amide bonds. The van der Waals surface area contributed by atoms with Crippen LogP contribution in [0.3, 0.4) is 0 Å². The summed E-state index contributed by atoms with van der Waals surface area (Å²) in [5.74, 6) is 2.00. The molecule has 0 radical (unpaired) electrons. The Balaban J connectivity index is 1.39. The van der Waals surface area contributed by atoms with Gasteiger partial charge in [-0.15, -0.1) is 0 Å². The molecule has 0 bridgehead atoms. The van der Waals surface area contributed by atoms with Crippen molar-refractivity contribution in [2.24, 2.45) is 0 Å². The van der Waals surface area contributed by atoms with Crippen molar-refractivity contribution in [1.29, 1.82) is 0 Å². The van der Waals surface area contributed by atoms with Crippen LogP contribution in [0.15, 0.2) is 164 Å². The molecule has 2 N–H and O–H groups in total. The number of aromatic nitrogens is 3. The van der Waals surface area contributed by atoms with Gasteiger partial charge in [0.2, 0.25) is 17.8 Å². The average molecular weight is 963 g/mol. The van der Waals surface area contributed by atoms with Crippen LogP contribution < -0.4 is 25.3 Å².